The Kier molecular flexibility index (Phi) is 3.61. The van der Waals surface area contributed by atoms with Crippen molar-refractivity contribution in [1.82, 2.24) is 9.97 Å². The molecule has 1 N–H and O–H groups in total. The Bertz CT molecular complexity index is 468. The van der Waals surface area contributed by atoms with Gasteiger partial charge in [0.15, 0.2) is 0 Å². The number of aromatic nitrogens is 2. The molecule has 0 unspecified atom stereocenters. The van der Waals surface area contributed by atoms with Gasteiger partial charge in [-0.3, -0.25) is 0 Å². The SMILES string of the molecule is CCOC(C)(C)c1nc(=S)c2c([nH]1)CCOC2. The number of H-pyrrole nitrogens is 1. The molecular formula is C12H18N2O2S. The van der Waals surface area contributed by atoms with Crippen LogP contribution >= 0.6 is 12.2 Å². The fourth-order valence-electron chi connectivity index (χ4n) is 1.97. The number of nitrogens with zero attached hydrogens (tertiary/aromatic N) is 1. The summed E-state index contributed by atoms with van der Waals surface area (Å²) in [5.41, 5.74) is 1.72. The summed E-state index contributed by atoms with van der Waals surface area (Å²) in [6.45, 7) is 7.91. The van der Waals surface area contributed by atoms with Crippen molar-refractivity contribution in [2.75, 3.05) is 13.2 Å². The van der Waals surface area contributed by atoms with Crippen molar-refractivity contribution in [2.45, 2.75) is 39.4 Å². The van der Waals surface area contributed by atoms with Gasteiger partial charge in [0.1, 0.15) is 16.1 Å². The molecule has 1 aliphatic rings. The minimum atomic E-state index is -0.435. The van der Waals surface area contributed by atoms with Crippen LogP contribution < -0.4 is 0 Å². The fourth-order valence-corrected chi connectivity index (χ4v) is 2.24. The van der Waals surface area contributed by atoms with Crippen LogP contribution in [0, 0.1) is 4.64 Å². The molecular weight excluding hydrogens is 236 g/mol. The van der Waals surface area contributed by atoms with E-state index in [1.165, 1.54) is 0 Å². The van der Waals surface area contributed by atoms with Gasteiger partial charge in [0.25, 0.3) is 0 Å². The zero-order valence-electron chi connectivity index (χ0n) is 10.5. The third-order valence-corrected chi connectivity index (χ3v) is 3.26. The molecule has 1 aromatic rings. The number of nitrogens with one attached hydrogen (secondary N) is 1. The summed E-state index contributed by atoms with van der Waals surface area (Å²) in [5, 5.41) is 0. The van der Waals surface area contributed by atoms with E-state index in [2.05, 4.69) is 9.97 Å². The molecule has 0 radical (unpaired) electrons. The van der Waals surface area contributed by atoms with E-state index in [1.807, 2.05) is 20.8 Å². The maximum absolute atomic E-state index is 5.69. The molecule has 0 bridgehead atoms. The van der Waals surface area contributed by atoms with Crippen LogP contribution in [-0.4, -0.2) is 23.2 Å². The molecule has 0 saturated heterocycles. The molecule has 0 atom stereocenters. The second-order valence-electron chi connectivity index (χ2n) is 4.59. The molecule has 0 fully saturated rings. The quantitative estimate of drug-likeness (QED) is 0.842. The van der Waals surface area contributed by atoms with Gasteiger partial charge >= 0.3 is 0 Å². The van der Waals surface area contributed by atoms with E-state index in [4.69, 9.17) is 21.7 Å². The number of fused-ring (bicyclic) bond motifs is 1. The van der Waals surface area contributed by atoms with Gasteiger partial charge in [0, 0.05) is 24.3 Å². The molecule has 4 nitrogen and oxygen atoms in total. The zero-order chi connectivity index (χ0) is 12.5. The summed E-state index contributed by atoms with van der Waals surface area (Å²) < 4.78 is 11.7. The van der Waals surface area contributed by atoms with Crippen molar-refractivity contribution in [2.24, 2.45) is 0 Å². The van der Waals surface area contributed by atoms with Crippen molar-refractivity contribution in [1.29, 1.82) is 0 Å². The van der Waals surface area contributed by atoms with Crippen molar-refractivity contribution in [3.63, 3.8) is 0 Å². The van der Waals surface area contributed by atoms with Gasteiger partial charge in [0.05, 0.1) is 13.2 Å². The molecule has 1 aliphatic heterocycles. The molecule has 0 aliphatic carbocycles. The maximum atomic E-state index is 5.69. The topological polar surface area (TPSA) is 47.1 Å². The van der Waals surface area contributed by atoms with Gasteiger partial charge in [-0.15, -0.1) is 0 Å². The Morgan fingerprint density at radius 1 is 1.53 bits per heavy atom. The minimum absolute atomic E-state index is 0.435. The van der Waals surface area contributed by atoms with E-state index in [0.29, 0.717) is 17.9 Å². The van der Waals surface area contributed by atoms with Crippen LogP contribution in [0.3, 0.4) is 0 Å². The van der Waals surface area contributed by atoms with Crippen LogP contribution in [0.5, 0.6) is 0 Å². The molecule has 0 amide bonds. The van der Waals surface area contributed by atoms with Crippen molar-refractivity contribution < 1.29 is 9.47 Å². The lowest BCUT2D eigenvalue weighted by molar-refractivity contribution is -0.0214. The highest BCUT2D eigenvalue weighted by atomic mass is 32.1. The van der Waals surface area contributed by atoms with Crippen LogP contribution in [0.4, 0.5) is 0 Å². The standard InChI is InChI=1S/C12H18N2O2S/c1-4-16-12(2,3)11-13-9-5-6-15-7-8(9)10(17)14-11/h4-7H2,1-3H3,(H,13,14,17). The summed E-state index contributed by atoms with van der Waals surface area (Å²) in [6, 6.07) is 0. The van der Waals surface area contributed by atoms with E-state index >= 15 is 0 Å². The van der Waals surface area contributed by atoms with Gasteiger partial charge in [-0.05, 0) is 20.8 Å². The Morgan fingerprint density at radius 2 is 2.29 bits per heavy atom. The summed E-state index contributed by atoms with van der Waals surface area (Å²) in [5.74, 6) is 0.796. The highest BCUT2D eigenvalue weighted by Gasteiger charge is 2.25. The predicted octanol–water partition coefficient (Wildman–Crippen LogP) is 2.48. The predicted molar refractivity (Wildman–Crippen MR) is 67.4 cm³/mol. The van der Waals surface area contributed by atoms with Gasteiger partial charge in [-0.1, -0.05) is 12.2 Å². The van der Waals surface area contributed by atoms with Crippen LogP contribution in [0.1, 0.15) is 37.9 Å². The molecule has 0 saturated carbocycles. The third-order valence-electron chi connectivity index (χ3n) is 2.92. The molecule has 2 heterocycles. The lowest BCUT2D eigenvalue weighted by atomic mass is 10.1. The average molecular weight is 254 g/mol. The van der Waals surface area contributed by atoms with Gasteiger partial charge in [0.2, 0.25) is 0 Å². The van der Waals surface area contributed by atoms with Crippen LogP contribution in [0.2, 0.25) is 0 Å². The van der Waals surface area contributed by atoms with Crippen LogP contribution in [0.15, 0.2) is 0 Å². The summed E-state index contributed by atoms with van der Waals surface area (Å²) in [4.78, 5) is 7.78. The Labute approximate surface area is 106 Å². The minimum Gasteiger partial charge on any atom is -0.376 e. The number of ether oxygens (including phenoxy) is 2. The first-order valence-corrected chi connectivity index (χ1v) is 6.29. The highest BCUT2D eigenvalue weighted by Crippen LogP contribution is 2.24. The van der Waals surface area contributed by atoms with Crippen molar-refractivity contribution >= 4 is 12.2 Å². The molecule has 5 heteroatoms. The average Bonchev–Trinajstić information content (AvgIpc) is 2.29. The first kappa shape index (κ1) is 12.7. The Hall–Kier alpha value is -0.780. The number of hydrogen-bond donors (Lipinski definition) is 1. The van der Waals surface area contributed by atoms with Gasteiger partial charge in [-0.2, -0.15) is 0 Å². The number of rotatable bonds is 3. The molecule has 17 heavy (non-hydrogen) atoms. The summed E-state index contributed by atoms with van der Waals surface area (Å²) >= 11 is 5.31. The molecule has 94 valence electrons. The second-order valence-corrected chi connectivity index (χ2v) is 4.98. The first-order valence-electron chi connectivity index (χ1n) is 5.89. The van der Waals surface area contributed by atoms with Gasteiger partial charge in [-0.25, -0.2) is 4.98 Å². The largest absolute Gasteiger partial charge is 0.376 e. The van der Waals surface area contributed by atoms with Gasteiger partial charge < -0.3 is 14.5 Å². The van der Waals surface area contributed by atoms with Crippen LogP contribution in [-0.2, 0) is 28.1 Å². The molecule has 0 spiro atoms. The van der Waals surface area contributed by atoms with Crippen molar-refractivity contribution in [3.05, 3.63) is 21.7 Å². The highest BCUT2D eigenvalue weighted by molar-refractivity contribution is 7.71. The van der Waals surface area contributed by atoms with E-state index in [0.717, 1.165) is 30.1 Å². The number of hydrogen-bond acceptors (Lipinski definition) is 4. The smallest absolute Gasteiger partial charge is 0.139 e. The Morgan fingerprint density at radius 3 is 3.00 bits per heavy atom. The lowest BCUT2D eigenvalue weighted by Gasteiger charge is -2.26. The van der Waals surface area contributed by atoms with E-state index < -0.39 is 5.60 Å². The monoisotopic (exact) mass is 254 g/mol. The summed E-state index contributed by atoms with van der Waals surface area (Å²) in [7, 11) is 0. The normalized spacial score (nSPS) is 15.7. The first-order chi connectivity index (χ1) is 8.04. The Balaban J connectivity index is 2.44. The second kappa shape index (κ2) is 4.84. The fraction of sp³-hybridized carbons (Fsp3) is 0.667. The molecule has 0 aromatic carbocycles. The molecule has 2 rings (SSSR count). The summed E-state index contributed by atoms with van der Waals surface area (Å²) in [6.07, 6.45) is 0.858. The lowest BCUT2D eigenvalue weighted by Crippen LogP contribution is -2.27. The molecule has 1 aromatic heterocycles. The van der Waals surface area contributed by atoms with E-state index in [9.17, 15) is 0 Å². The maximum Gasteiger partial charge on any atom is 0.139 e. The number of aromatic amines is 1. The zero-order valence-corrected chi connectivity index (χ0v) is 11.3. The van der Waals surface area contributed by atoms with E-state index in [1.54, 1.807) is 0 Å². The van der Waals surface area contributed by atoms with Crippen molar-refractivity contribution in [3.8, 4) is 0 Å². The van der Waals surface area contributed by atoms with Crippen LogP contribution in [0.25, 0.3) is 0 Å². The van der Waals surface area contributed by atoms with E-state index in [-0.39, 0.29) is 0 Å². The third kappa shape index (κ3) is 2.56.